The first-order chi connectivity index (χ1) is 9.79. The Morgan fingerprint density at radius 3 is 2.50 bits per heavy atom. The van der Waals surface area contributed by atoms with E-state index in [1.54, 1.807) is 0 Å². The topological polar surface area (TPSA) is 30.0 Å². The maximum atomic E-state index is 12.0. The van der Waals surface area contributed by atoms with Crippen molar-refractivity contribution in [3.63, 3.8) is 0 Å². The third-order valence-electron chi connectivity index (χ3n) is 3.21. The van der Waals surface area contributed by atoms with Crippen LogP contribution in [0.15, 0.2) is 60.7 Å². The standard InChI is InChI=1S/C17H12BrNO/c18-11-16(20)14-8-4-7-13-9-10-15(19-17(13)14)12-5-2-1-3-6-12/h1-10H,11H2. The van der Waals surface area contributed by atoms with Gasteiger partial charge in [-0.15, -0.1) is 0 Å². The monoisotopic (exact) mass is 325 g/mol. The first kappa shape index (κ1) is 13.0. The van der Waals surface area contributed by atoms with E-state index < -0.39 is 0 Å². The highest BCUT2D eigenvalue weighted by atomic mass is 79.9. The predicted octanol–water partition coefficient (Wildman–Crippen LogP) is 4.48. The van der Waals surface area contributed by atoms with Crippen molar-refractivity contribution in [1.82, 2.24) is 4.98 Å². The minimum Gasteiger partial charge on any atom is -0.293 e. The van der Waals surface area contributed by atoms with Crippen molar-refractivity contribution >= 4 is 32.6 Å². The molecule has 3 rings (SSSR count). The fraction of sp³-hybridized carbons (Fsp3) is 0.0588. The number of nitrogens with zero attached hydrogens (tertiary/aromatic N) is 1. The number of para-hydroxylation sites is 1. The molecular weight excluding hydrogens is 314 g/mol. The molecule has 3 heteroatoms. The maximum absolute atomic E-state index is 12.0. The lowest BCUT2D eigenvalue weighted by Crippen LogP contribution is -2.02. The SMILES string of the molecule is O=C(CBr)c1cccc2ccc(-c3ccccc3)nc12. The number of rotatable bonds is 3. The normalized spacial score (nSPS) is 10.7. The van der Waals surface area contributed by atoms with E-state index in [-0.39, 0.29) is 5.78 Å². The van der Waals surface area contributed by atoms with E-state index in [0.29, 0.717) is 10.9 Å². The van der Waals surface area contributed by atoms with Crippen LogP contribution in [0.25, 0.3) is 22.2 Å². The van der Waals surface area contributed by atoms with Crippen molar-refractivity contribution < 1.29 is 4.79 Å². The molecule has 1 heterocycles. The summed E-state index contributed by atoms with van der Waals surface area (Å²) in [6.07, 6.45) is 0. The lowest BCUT2D eigenvalue weighted by atomic mass is 10.0. The molecule has 0 aliphatic carbocycles. The summed E-state index contributed by atoms with van der Waals surface area (Å²) in [6.45, 7) is 0. The summed E-state index contributed by atoms with van der Waals surface area (Å²) in [6, 6.07) is 19.7. The van der Waals surface area contributed by atoms with Gasteiger partial charge in [0.05, 0.1) is 16.5 Å². The van der Waals surface area contributed by atoms with Crippen LogP contribution in [-0.4, -0.2) is 16.1 Å². The summed E-state index contributed by atoms with van der Waals surface area (Å²) in [5.41, 5.74) is 3.36. The van der Waals surface area contributed by atoms with Crippen LogP contribution in [0.2, 0.25) is 0 Å². The molecule has 0 amide bonds. The molecule has 0 spiro atoms. The molecule has 1 aromatic heterocycles. The van der Waals surface area contributed by atoms with Crippen molar-refractivity contribution in [2.75, 3.05) is 5.33 Å². The highest BCUT2D eigenvalue weighted by Crippen LogP contribution is 2.23. The van der Waals surface area contributed by atoms with E-state index in [1.807, 2.05) is 60.7 Å². The van der Waals surface area contributed by atoms with Crippen LogP contribution in [0.3, 0.4) is 0 Å². The van der Waals surface area contributed by atoms with Crippen LogP contribution in [0, 0.1) is 0 Å². The molecule has 0 radical (unpaired) electrons. The Kier molecular flexibility index (Phi) is 3.61. The largest absolute Gasteiger partial charge is 0.293 e. The van der Waals surface area contributed by atoms with Crippen LogP contribution in [-0.2, 0) is 0 Å². The van der Waals surface area contributed by atoms with Crippen molar-refractivity contribution in [2.45, 2.75) is 0 Å². The van der Waals surface area contributed by atoms with E-state index in [0.717, 1.165) is 22.2 Å². The van der Waals surface area contributed by atoms with Gasteiger partial charge >= 0.3 is 0 Å². The number of benzene rings is 2. The number of ketones is 1. The van der Waals surface area contributed by atoms with Crippen LogP contribution in [0.5, 0.6) is 0 Å². The van der Waals surface area contributed by atoms with Gasteiger partial charge in [-0.3, -0.25) is 4.79 Å². The molecule has 0 saturated heterocycles. The summed E-state index contributed by atoms with van der Waals surface area (Å²) < 4.78 is 0. The number of hydrogen-bond donors (Lipinski definition) is 0. The molecule has 0 atom stereocenters. The zero-order valence-corrected chi connectivity index (χ0v) is 12.3. The highest BCUT2D eigenvalue weighted by Gasteiger charge is 2.10. The Bertz CT molecular complexity index is 768. The fourth-order valence-electron chi connectivity index (χ4n) is 2.21. The van der Waals surface area contributed by atoms with Crippen LogP contribution < -0.4 is 0 Å². The minimum absolute atomic E-state index is 0.0494. The van der Waals surface area contributed by atoms with E-state index in [9.17, 15) is 4.79 Å². The summed E-state index contributed by atoms with van der Waals surface area (Å²) >= 11 is 3.22. The van der Waals surface area contributed by atoms with Crippen molar-refractivity contribution in [3.05, 3.63) is 66.2 Å². The molecule has 98 valence electrons. The Morgan fingerprint density at radius 2 is 1.75 bits per heavy atom. The fourth-order valence-corrected chi connectivity index (χ4v) is 2.52. The first-order valence-corrected chi connectivity index (χ1v) is 7.46. The molecule has 0 saturated carbocycles. The number of hydrogen-bond acceptors (Lipinski definition) is 2. The molecule has 0 unspecified atom stereocenters. The van der Waals surface area contributed by atoms with Gasteiger partial charge in [0.2, 0.25) is 0 Å². The summed E-state index contributed by atoms with van der Waals surface area (Å²) in [4.78, 5) is 16.7. The number of alkyl halides is 1. The first-order valence-electron chi connectivity index (χ1n) is 6.34. The van der Waals surface area contributed by atoms with Crippen LogP contribution >= 0.6 is 15.9 Å². The Labute approximate surface area is 125 Å². The van der Waals surface area contributed by atoms with E-state index in [1.165, 1.54) is 0 Å². The number of Topliss-reactive ketones (excluding diaryl/α,β-unsaturated/α-hetero) is 1. The molecule has 2 nitrogen and oxygen atoms in total. The third kappa shape index (κ3) is 2.37. The second kappa shape index (κ2) is 5.55. The molecular formula is C17H12BrNO. The quantitative estimate of drug-likeness (QED) is 0.525. The molecule has 0 aliphatic rings. The van der Waals surface area contributed by atoms with Crippen LogP contribution in [0.1, 0.15) is 10.4 Å². The van der Waals surface area contributed by atoms with Gasteiger partial charge < -0.3 is 0 Å². The van der Waals surface area contributed by atoms with Gasteiger partial charge in [-0.25, -0.2) is 4.98 Å². The molecule has 2 aromatic carbocycles. The van der Waals surface area contributed by atoms with Gasteiger partial charge in [0.25, 0.3) is 0 Å². The molecule has 0 N–H and O–H groups in total. The van der Waals surface area contributed by atoms with E-state index in [4.69, 9.17) is 0 Å². The van der Waals surface area contributed by atoms with Gasteiger partial charge in [-0.1, -0.05) is 64.5 Å². The number of halogens is 1. The minimum atomic E-state index is 0.0494. The summed E-state index contributed by atoms with van der Waals surface area (Å²) in [5, 5.41) is 1.29. The average Bonchev–Trinajstić information content (AvgIpc) is 2.54. The van der Waals surface area contributed by atoms with Gasteiger partial charge in [0.15, 0.2) is 5.78 Å². The second-order valence-corrected chi connectivity index (χ2v) is 5.06. The number of aromatic nitrogens is 1. The van der Waals surface area contributed by atoms with Gasteiger partial charge in [0.1, 0.15) is 0 Å². The van der Waals surface area contributed by atoms with Gasteiger partial charge in [-0.05, 0) is 12.1 Å². The lowest BCUT2D eigenvalue weighted by Gasteiger charge is -2.06. The number of pyridine rings is 1. The Balaban J connectivity index is 2.22. The smallest absolute Gasteiger partial charge is 0.175 e. The molecule has 0 fully saturated rings. The van der Waals surface area contributed by atoms with Crippen molar-refractivity contribution in [1.29, 1.82) is 0 Å². The van der Waals surface area contributed by atoms with Crippen molar-refractivity contribution in [3.8, 4) is 11.3 Å². The zero-order chi connectivity index (χ0) is 13.9. The van der Waals surface area contributed by atoms with E-state index >= 15 is 0 Å². The van der Waals surface area contributed by atoms with Crippen LogP contribution in [0.4, 0.5) is 0 Å². The molecule has 0 aliphatic heterocycles. The molecule has 0 bridgehead atoms. The number of carbonyl (C=O) groups excluding carboxylic acids is 1. The molecule has 20 heavy (non-hydrogen) atoms. The number of carbonyl (C=O) groups is 1. The highest BCUT2D eigenvalue weighted by molar-refractivity contribution is 9.09. The van der Waals surface area contributed by atoms with Crippen molar-refractivity contribution in [2.24, 2.45) is 0 Å². The number of fused-ring (bicyclic) bond motifs is 1. The lowest BCUT2D eigenvalue weighted by molar-refractivity contribution is 0.102. The Hall–Kier alpha value is -2.00. The second-order valence-electron chi connectivity index (χ2n) is 4.50. The van der Waals surface area contributed by atoms with Gasteiger partial charge in [-0.2, -0.15) is 0 Å². The predicted molar refractivity (Wildman–Crippen MR) is 85.3 cm³/mol. The van der Waals surface area contributed by atoms with Gasteiger partial charge in [0, 0.05) is 16.5 Å². The average molecular weight is 326 g/mol. The zero-order valence-electron chi connectivity index (χ0n) is 10.7. The third-order valence-corrected chi connectivity index (χ3v) is 3.72. The Morgan fingerprint density at radius 1 is 0.950 bits per heavy atom. The summed E-state index contributed by atoms with van der Waals surface area (Å²) in [7, 11) is 0. The summed E-state index contributed by atoms with van der Waals surface area (Å²) in [5.74, 6) is 0.0494. The maximum Gasteiger partial charge on any atom is 0.175 e. The van der Waals surface area contributed by atoms with E-state index in [2.05, 4.69) is 20.9 Å². The molecule has 3 aromatic rings.